The Kier molecular flexibility index (Phi) is 11.6. The Bertz CT molecular complexity index is 979. The van der Waals surface area contributed by atoms with Gasteiger partial charge in [0.1, 0.15) is 0 Å². The lowest BCUT2D eigenvalue weighted by Crippen LogP contribution is -2.22. The molecular weight excluding hydrogens is 464 g/mol. The zero-order valence-electron chi connectivity index (χ0n) is 20.9. The van der Waals surface area contributed by atoms with Gasteiger partial charge in [0.25, 0.3) is 0 Å². The number of ether oxygens (including phenoxy) is 3. The average Bonchev–Trinajstić information content (AvgIpc) is 3.00. The van der Waals surface area contributed by atoms with E-state index < -0.39 is 0 Å². The maximum Gasteiger partial charge on any atom is 0.330 e. The SMILES string of the molecule is CCOC(=O)/C=C/CNCCCCN1c2cc(Cl)ccc2CCc2c(COCCOC)cccc21. The van der Waals surface area contributed by atoms with Crippen LogP contribution in [0.1, 0.15) is 36.5 Å². The quantitative estimate of drug-likeness (QED) is 0.218. The van der Waals surface area contributed by atoms with Crippen LogP contribution < -0.4 is 10.2 Å². The van der Waals surface area contributed by atoms with Crippen LogP contribution in [-0.4, -0.2) is 52.5 Å². The summed E-state index contributed by atoms with van der Waals surface area (Å²) in [4.78, 5) is 13.8. The topological polar surface area (TPSA) is 60.0 Å². The summed E-state index contributed by atoms with van der Waals surface area (Å²) >= 11 is 6.42. The maximum absolute atomic E-state index is 11.4. The number of methoxy groups -OCH3 is 1. The van der Waals surface area contributed by atoms with Crippen molar-refractivity contribution in [2.75, 3.05) is 51.5 Å². The summed E-state index contributed by atoms with van der Waals surface area (Å²) in [5.74, 6) is -0.296. The second-order valence-corrected chi connectivity index (χ2v) is 8.89. The summed E-state index contributed by atoms with van der Waals surface area (Å²) in [6.07, 6.45) is 7.26. The molecule has 0 radical (unpaired) electrons. The van der Waals surface area contributed by atoms with E-state index in [4.69, 9.17) is 25.8 Å². The van der Waals surface area contributed by atoms with E-state index in [1.165, 1.54) is 34.1 Å². The predicted molar refractivity (Wildman–Crippen MR) is 142 cm³/mol. The molecule has 1 aliphatic rings. The van der Waals surface area contributed by atoms with Gasteiger partial charge in [0.2, 0.25) is 0 Å². The van der Waals surface area contributed by atoms with Gasteiger partial charge in [-0.05, 0) is 74.0 Å². The minimum absolute atomic E-state index is 0.296. The van der Waals surface area contributed by atoms with Gasteiger partial charge < -0.3 is 24.4 Å². The molecular formula is C28H37ClN2O4. The number of hydrogen-bond acceptors (Lipinski definition) is 6. The van der Waals surface area contributed by atoms with E-state index in [-0.39, 0.29) is 5.97 Å². The molecule has 35 heavy (non-hydrogen) atoms. The molecule has 7 heteroatoms. The van der Waals surface area contributed by atoms with Crippen molar-refractivity contribution in [3.63, 3.8) is 0 Å². The van der Waals surface area contributed by atoms with Crippen molar-refractivity contribution < 1.29 is 19.0 Å². The van der Waals surface area contributed by atoms with Crippen molar-refractivity contribution in [3.8, 4) is 0 Å². The number of halogens is 1. The van der Waals surface area contributed by atoms with Gasteiger partial charge in [0.05, 0.1) is 26.4 Å². The van der Waals surface area contributed by atoms with E-state index in [0.717, 1.165) is 43.8 Å². The molecule has 0 saturated carbocycles. The molecule has 0 aliphatic carbocycles. The molecule has 1 aliphatic heterocycles. The first kappa shape index (κ1) is 27.2. The second-order valence-electron chi connectivity index (χ2n) is 8.45. The number of hydrogen-bond donors (Lipinski definition) is 1. The first-order chi connectivity index (χ1) is 17.1. The Morgan fingerprint density at radius 2 is 2.03 bits per heavy atom. The number of nitrogens with one attached hydrogen (secondary N) is 1. The highest BCUT2D eigenvalue weighted by Crippen LogP contribution is 2.39. The van der Waals surface area contributed by atoms with Crippen LogP contribution in [0.4, 0.5) is 11.4 Å². The van der Waals surface area contributed by atoms with E-state index in [9.17, 15) is 4.79 Å². The summed E-state index contributed by atoms with van der Waals surface area (Å²) in [6.45, 7) is 6.39. The van der Waals surface area contributed by atoms with Crippen molar-refractivity contribution in [2.45, 2.75) is 39.2 Å². The summed E-state index contributed by atoms with van der Waals surface area (Å²) in [7, 11) is 1.69. The van der Waals surface area contributed by atoms with Crippen LogP contribution in [-0.2, 0) is 38.5 Å². The molecule has 0 fully saturated rings. The van der Waals surface area contributed by atoms with Gasteiger partial charge >= 0.3 is 5.97 Å². The van der Waals surface area contributed by atoms with Gasteiger partial charge in [-0.15, -0.1) is 0 Å². The Balaban J connectivity index is 1.65. The number of aryl methyl sites for hydroxylation is 1. The standard InChI is InChI=1S/C28H37ClN2O4/c1-3-35-28(32)10-7-16-30-15-4-5-17-31-26-9-6-8-23(21-34-19-18-33-2)25(26)14-12-22-11-13-24(29)20-27(22)31/h6-11,13,20,30H,3-5,12,14-19,21H2,1-2H3/b10-7+. The van der Waals surface area contributed by atoms with Gasteiger partial charge in [-0.25, -0.2) is 4.79 Å². The van der Waals surface area contributed by atoms with Gasteiger partial charge in [0.15, 0.2) is 0 Å². The number of unbranched alkanes of at least 4 members (excludes halogenated alkanes) is 1. The first-order valence-corrected chi connectivity index (χ1v) is 12.8. The molecule has 6 nitrogen and oxygen atoms in total. The average molecular weight is 501 g/mol. The number of nitrogens with zero attached hydrogens (tertiary/aromatic N) is 1. The fourth-order valence-electron chi connectivity index (χ4n) is 4.30. The molecule has 0 amide bonds. The molecule has 2 aromatic rings. The van der Waals surface area contributed by atoms with Gasteiger partial charge in [-0.1, -0.05) is 35.9 Å². The van der Waals surface area contributed by atoms with Crippen molar-refractivity contribution >= 4 is 28.9 Å². The van der Waals surface area contributed by atoms with Gasteiger partial charge in [-0.2, -0.15) is 0 Å². The normalized spacial score (nSPS) is 12.9. The lowest BCUT2D eigenvalue weighted by Gasteiger charge is -2.28. The van der Waals surface area contributed by atoms with Crippen LogP contribution in [0.25, 0.3) is 0 Å². The van der Waals surface area contributed by atoms with Crippen LogP contribution in [0.15, 0.2) is 48.6 Å². The first-order valence-electron chi connectivity index (χ1n) is 12.4. The molecule has 1 heterocycles. The number of rotatable bonds is 14. The summed E-state index contributed by atoms with van der Waals surface area (Å²) in [6, 6.07) is 12.7. The smallest absolute Gasteiger partial charge is 0.330 e. The highest BCUT2D eigenvalue weighted by atomic mass is 35.5. The zero-order valence-corrected chi connectivity index (χ0v) is 21.6. The van der Waals surface area contributed by atoms with E-state index in [1.54, 1.807) is 20.1 Å². The third kappa shape index (κ3) is 8.36. The number of esters is 1. The molecule has 190 valence electrons. The van der Waals surface area contributed by atoms with Crippen LogP contribution in [0.5, 0.6) is 0 Å². The van der Waals surface area contributed by atoms with Crippen molar-refractivity contribution in [2.24, 2.45) is 0 Å². The Hall–Kier alpha value is -2.38. The van der Waals surface area contributed by atoms with Crippen molar-refractivity contribution in [3.05, 3.63) is 70.3 Å². The number of carbonyl (C=O) groups excluding carboxylic acids is 1. The molecule has 3 rings (SSSR count). The highest BCUT2D eigenvalue weighted by molar-refractivity contribution is 6.30. The molecule has 0 aromatic heterocycles. The van der Waals surface area contributed by atoms with Crippen molar-refractivity contribution in [1.29, 1.82) is 0 Å². The van der Waals surface area contributed by atoms with Crippen LogP contribution >= 0.6 is 11.6 Å². The molecule has 2 aromatic carbocycles. The van der Waals surface area contributed by atoms with E-state index in [0.29, 0.717) is 33.0 Å². The number of carbonyl (C=O) groups is 1. The van der Waals surface area contributed by atoms with Crippen LogP contribution in [0, 0.1) is 0 Å². The summed E-state index contributed by atoms with van der Waals surface area (Å²) in [5, 5.41) is 4.12. The molecule has 1 N–H and O–H groups in total. The monoisotopic (exact) mass is 500 g/mol. The number of fused-ring (bicyclic) bond motifs is 2. The lowest BCUT2D eigenvalue weighted by molar-refractivity contribution is -0.137. The Morgan fingerprint density at radius 3 is 2.86 bits per heavy atom. The Morgan fingerprint density at radius 1 is 1.14 bits per heavy atom. The highest BCUT2D eigenvalue weighted by Gasteiger charge is 2.22. The molecule has 0 unspecified atom stereocenters. The molecule has 0 bridgehead atoms. The largest absolute Gasteiger partial charge is 0.463 e. The lowest BCUT2D eigenvalue weighted by atomic mass is 10.00. The third-order valence-corrected chi connectivity index (χ3v) is 6.23. The fraction of sp³-hybridized carbons (Fsp3) is 0.464. The molecule has 0 spiro atoms. The molecule has 0 atom stereocenters. The van der Waals surface area contributed by atoms with E-state index >= 15 is 0 Å². The summed E-state index contributed by atoms with van der Waals surface area (Å²) < 4.78 is 15.9. The minimum Gasteiger partial charge on any atom is -0.463 e. The summed E-state index contributed by atoms with van der Waals surface area (Å²) in [5.41, 5.74) is 6.33. The maximum atomic E-state index is 11.4. The van der Waals surface area contributed by atoms with Gasteiger partial charge in [0, 0.05) is 42.7 Å². The fourth-order valence-corrected chi connectivity index (χ4v) is 4.47. The zero-order chi connectivity index (χ0) is 24.9. The number of benzene rings is 2. The number of anilines is 2. The van der Waals surface area contributed by atoms with Gasteiger partial charge in [-0.3, -0.25) is 0 Å². The van der Waals surface area contributed by atoms with E-state index in [2.05, 4.69) is 40.5 Å². The van der Waals surface area contributed by atoms with E-state index in [1.807, 2.05) is 6.07 Å². The van der Waals surface area contributed by atoms with Crippen LogP contribution in [0.2, 0.25) is 5.02 Å². The van der Waals surface area contributed by atoms with Crippen LogP contribution in [0.3, 0.4) is 0 Å². The van der Waals surface area contributed by atoms with Crippen molar-refractivity contribution in [1.82, 2.24) is 5.32 Å². The third-order valence-electron chi connectivity index (χ3n) is 6.00. The predicted octanol–water partition coefficient (Wildman–Crippen LogP) is 5.23. The molecule has 0 saturated heterocycles. The minimum atomic E-state index is -0.296. The second kappa shape index (κ2) is 14.9. The Labute approximate surface area is 214 Å².